The average Bonchev–Trinajstić information content (AvgIpc) is 2.91. The van der Waals surface area contributed by atoms with Crippen LogP contribution in [0.15, 0.2) is 24.3 Å². The number of rotatable bonds is 7. The molecule has 1 saturated heterocycles. The van der Waals surface area contributed by atoms with E-state index in [1.807, 2.05) is 36.1 Å². The van der Waals surface area contributed by atoms with Crippen molar-refractivity contribution in [1.29, 1.82) is 0 Å². The van der Waals surface area contributed by atoms with Crippen molar-refractivity contribution in [1.82, 2.24) is 0 Å². The van der Waals surface area contributed by atoms with Gasteiger partial charge in [0.1, 0.15) is 0 Å². The first kappa shape index (κ1) is 16.3. The van der Waals surface area contributed by atoms with Crippen molar-refractivity contribution < 1.29 is 24.5 Å². The molecule has 1 aromatic carbocycles. The Hall–Kier alpha value is -2.12. The van der Waals surface area contributed by atoms with Crippen LogP contribution in [-0.2, 0) is 19.4 Å². The fourth-order valence-electron chi connectivity index (χ4n) is 2.43. The number of amides is 1. The monoisotopic (exact) mass is 308 g/mol. The molecule has 22 heavy (non-hydrogen) atoms. The summed E-state index contributed by atoms with van der Waals surface area (Å²) in [7, 11) is 1.45. The summed E-state index contributed by atoms with van der Waals surface area (Å²) in [6, 6.07) is 7.37. The maximum atomic E-state index is 11.9. The number of anilines is 2. The highest BCUT2D eigenvalue weighted by atomic mass is 17.2. The van der Waals surface area contributed by atoms with Crippen molar-refractivity contribution >= 4 is 23.3 Å². The van der Waals surface area contributed by atoms with Gasteiger partial charge in [0.25, 0.3) is 0 Å². The summed E-state index contributed by atoms with van der Waals surface area (Å²) in [5, 5.41) is 9.02. The summed E-state index contributed by atoms with van der Waals surface area (Å²) < 4.78 is 0. The van der Waals surface area contributed by atoms with Crippen LogP contribution in [0.3, 0.4) is 0 Å². The van der Waals surface area contributed by atoms with Gasteiger partial charge in [0, 0.05) is 30.9 Å². The maximum Gasteiger partial charge on any atom is 0.308 e. The molecule has 1 amide bonds. The van der Waals surface area contributed by atoms with E-state index in [-0.39, 0.29) is 18.9 Å². The first-order valence-electron chi connectivity index (χ1n) is 7.10. The summed E-state index contributed by atoms with van der Waals surface area (Å²) in [4.78, 5) is 35.9. The van der Waals surface area contributed by atoms with E-state index in [1.54, 1.807) is 0 Å². The lowest BCUT2D eigenvalue weighted by Gasteiger charge is -2.23. The summed E-state index contributed by atoms with van der Waals surface area (Å²) in [6.07, 6.45) is 0.0554. The second-order valence-electron chi connectivity index (χ2n) is 5.03. The van der Waals surface area contributed by atoms with E-state index in [4.69, 9.17) is 9.99 Å². The number of benzene rings is 1. The minimum absolute atomic E-state index is 0.0554. The van der Waals surface area contributed by atoms with Gasteiger partial charge in [-0.05, 0) is 31.2 Å². The predicted molar refractivity (Wildman–Crippen MR) is 80.5 cm³/mol. The third-order valence-corrected chi connectivity index (χ3v) is 3.71. The Labute approximate surface area is 129 Å². The van der Waals surface area contributed by atoms with Gasteiger partial charge < -0.3 is 14.9 Å². The number of hydrogen-bond acceptors (Lipinski definition) is 5. The zero-order valence-electron chi connectivity index (χ0n) is 12.7. The summed E-state index contributed by atoms with van der Waals surface area (Å²) in [6.45, 7) is 3.26. The number of aliphatic carboxylic acids is 1. The van der Waals surface area contributed by atoms with Crippen molar-refractivity contribution in [2.24, 2.45) is 5.92 Å². The molecule has 0 aliphatic carbocycles. The largest absolute Gasteiger partial charge is 0.481 e. The minimum atomic E-state index is -0.929. The number of carboxylic acids is 1. The highest BCUT2D eigenvalue weighted by Gasteiger charge is 2.34. The van der Waals surface area contributed by atoms with Crippen molar-refractivity contribution in [2.75, 3.05) is 36.7 Å². The lowest BCUT2D eigenvalue weighted by atomic mass is 10.1. The lowest BCUT2D eigenvalue weighted by Crippen LogP contribution is -2.27. The van der Waals surface area contributed by atoms with E-state index < -0.39 is 11.9 Å². The van der Waals surface area contributed by atoms with Crippen LogP contribution in [0.5, 0.6) is 0 Å². The molecule has 1 N–H and O–H groups in total. The number of carbonyl (C=O) groups excluding carboxylic acids is 1. The van der Waals surface area contributed by atoms with Crippen LogP contribution < -0.4 is 9.80 Å². The number of carbonyl (C=O) groups is 2. The summed E-state index contributed by atoms with van der Waals surface area (Å²) in [5.41, 5.74) is 1.64. The molecule has 1 aromatic rings. The number of nitrogens with zero attached hydrogens (tertiary/aromatic N) is 2. The lowest BCUT2D eigenvalue weighted by molar-refractivity contribution is -0.271. The second kappa shape index (κ2) is 7.24. The SMILES string of the molecule is CCN(COOC)c1ccc(N2CC(C(=O)O)CC2=O)cc1. The van der Waals surface area contributed by atoms with Crippen LogP contribution in [0.1, 0.15) is 13.3 Å². The van der Waals surface area contributed by atoms with E-state index in [9.17, 15) is 9.59 Å². The van der Waals surface area contributed by atoms with Crippen LogP contribution in [0, 0.1) is 5.92 Å². The van der Waals surface area contributed by atoms with Gasteiger partial charge in [-0.2, -0.15) is 0 Å². The highest BCUT2D eigenvalue weighted by Crippen LogP contribution is 2.27. The molecule has 1 unspecified atom stereocenters. The van der Waals surface area contributed by atoms with Crippen LogP contribution in [0.2, 0.25) is 0 Å². The van der Waals surface area contributed by atoms with Gasteiger partial charge in [-0.15, -0.1) is 0 Å². The highest BCUT2D eigenvalue weighted by molar-refractivity contribution is 5.99. The quantitative estimate of drug-likeness (QED) is 0.467. The molecule has 120 valence electrons. The fourth-order valence-corrected chi connectivity index (χ4v) is 2.43. The number of carboxylic acid groups (broad SMARTS) is 1. The Morgan fingerprint density at radius 2 is 2.09 bits per heavy atom. The molecule has 7 nitrogen and oxygen atoms in total. The Bertz CT molecular complexity index is 531. The fraction of sp³-hybridized carbons (Fsp3) is 0.467. The molecule has 1 atom stereocenters. The second-order valence-corrected chi connectivity index (χ2v) is 5.03. The molecule has 1 aliphatic rings. The van der Waals surface area contributed by atoms with Crippen molar-refractivity contribution in [2.45, 2.75) is 13.3 Å². The molecule has 1 fully saturated rings. The van der Waals surface area contributed by atoms with Gasteiger partial charge in [0.2, 0.25) is 5.91 Å². The summed E-state index contributed by atoms with van der Waals surface area (Å²) >= 11 is 0. The van der Waals surface area contributed by atoms with E-state index in [2.05, 4.69) is 4.89 Å². The van der Waals surface area contributed by atoms with Gasteiger partial charge >= 0.3 is 5.97 Å². The molecule has 2 rings (SSSR count). The topological polar surface area (TPSA) is 79.3 Å². The third-order valence-electron chi connectivity index (χ3n) is 3.71. The van der Waals surface area contributed by atoms with Crippen LogP contribution >= 0.6 is 0 Å². The Morgan fingerprint density at radius 3 is 2.59 bits per heavy atom. The van der Waals surface area contributed by atoms with Crippen LogP contribution in [0.25, 0.3) is 0 Å². The van der Waals surface area contributed by atoms with Gasteiger partial charge in [0.15, 0.2) is 6.73 Å². The molecular formula is C15H20N2O5. The minimum Gasteiger partial charge on any atom is -0.481 e. The Morgan fingerprint density at radius 1 is 1.41 bits per heavy atom. The van der Waals surface area contributed by atoms with E-state index in [0.717, 1.165) is 12.2 Å². The summed E-state index contributed by atoms with van der Waals surface area (Å²) in [5.74, 6) is -1.72. The Kier molecular flexibility index (Phi) is 5.35. The molecule has 0 saturated carbocycles. The molecule has 0 aromatic heterocycles. The molecule has 0 bridgehead atoms. The first-order valence-corrected chi connectivity index (χ1v) is 7.10. The molecular weight excluding hydrogens is 288 g/mol. The number of hydrogen-bond donors (Lipinski definition) is 1. The van der Waals surface area contributed by atoms with E-state index in [0.29, 0.717) is 12.4 Å². The molecule has 0 spiro atoms. The average molecular weight is 308 g/mol. The predicted octanol–water partition coefficient (Wildman–Crippen LogP) is 1.49. The van der Waals surface area contributed by atoms with Crippen LogP contribution in [-0.4, -0.2) is 43.9 Å². The zero-order valence-corrected chi connectivity index (χ0v) is 12.7. The van der Waals surface area contributed by atoms with Gasteiger partial charge in [-0.25, -0.2) is 9.78 Å². The van der Waals surface area contributed by atoms with Gasteiger partial charge in [-0.1, -0.05) is 0 Å². The smallest absolute Gasteiger partial charge is 0.308 e. The Balaban J connectivity index is 2.08. The van der Waals surface area contributed by atoms with Gasteiger partial charge in [0.05, 0.1) is 13.0 Å². The van der Waals surface area contributed by atoms with Gasteiger partial charge in [-0.3, -0.25) is 9.59 Å². The van der Waals surface area contributed by atoms with E-state index >= 15 is 0 Å². The molecule has 7 heteroatoms. The standard InChI is InChI=1S/C15H20N2O5/c1-3-16(10-22-21-2)12-4-6-13(7-5-12)17-9-11(15(19)20)8-14(17)18/h4-7,11H,3,8-10H2,1-2H3,(H,19,20). The molecule has 0 radical (unpaired) electrons. The van der Waals surface area contributed by atoms with E-state index in [1.165, 1.54) is 12.0 Å². The zero-order chi connectivity index (χ0) is 16.1. The first-order chi connectivity index (χ1) is 10.6. The normalized spacial score (nSPS) is 17.8. The molecule has 1 heterocycles. The third kappa shape index (κ3) is 3.55. The maximum absolute atomic E-state index is 11.9. The van der Waals surface area contributed by atoms with Crippen molar-refractivity contribution in [3.8, 4) is 0 Å². The van der Waals surface area contributed by atoms with Crippen molar-refractivity contribution in [3.05, 3.63) is 24.3 Å². The van der Waals surface area contributed by atoms with Crippen molar-refractivity contribution in [3.63, 3.8) is 0 Å². The van der Waals surface area contributed by atoms with Crippen LogP contribution in [0.4, 0.5) is 11.4 Å². The molecule has 1 aliphatic heterocycles.